The van der Waals surface area contributed by atoms with Crippen LogP contribution >= 0.6 is 0 Å². The molecule has 0 aromatic carbocycles. The maximum Gasteiger partial charge on any atom is 0.309 e. The van der Waals surface area contributed by atoms with Gasteiger partial charge in [0.25, 0.3) is 0 Å². The highest BCUT2D eigenvalue weighted by Crippen LogP contribution is 2.84. The van der Waals surface area contributed by atoms with Crippen LogP contribution in [0, 0.1) is 96.6 Å². The predicted molar refractivity (Wildman–Crippen MR) is 219 cm³/mol. The number of rotatable bonds is 1. The summed E-state index contributed by atoms with van der Waals surface area (Å²) >= 11 is 0. The molecule has 19 atom stereocenters. The third-order valence-corrected chi connectivity index (χ3v) is 22.5. The first kappa shape index (κ1) is 42.9. The second kappa shape index (κ2) is 12.8. The molecule has 14 nitrogen and oxygen atoms in total. The minimum absolute atomic E-state index is 0.00258. The van der Waals surface area contributed by atoms with E-state index in [9.17, 15) is 39.3 Å². The number of aliphatic hydroxyl groups is 1. The Kier molecular flexibility index (Phi) is 8.60. The molecule has 0 aromatic heterocycles. The molecular formula is C50H62N2O12. The monoisotopic (exact) mass is 882 g/mol. The van der Waals surface area contributed by atoms with Crippen molar-refractivity contribution >= 4 is 35.3 Å². The molecule has 9 saturated carbocycles. The maximum atomic E-state index is 13.7. The third-order valence-electron chi connectivity index (χ3n) is 22.5. The van der Waals surface area contributed by atoms with Crippen LogP contribution in [-0.4, -0.2) is 89.2 Å². The van der Waals surface area contributed by atoms with Gasteiger partial charge in [-0.3, -0.25) is 28.8 Å². The summed E-state index contributed by atoms with van der Waals surface area (Å²) in [6, 6.07) is 5.06. The molecule has 0 radical (unpaired) electrons. The zero-order valence-corrected chi connectivity index (χ0v) is 38.0. The molecule has 13 rings (SSSR count). The van der Waals surface area contributed by atoms with E-state index in [1.54, 1.807) is 0 Å². The van der Waals surface area contributed by atoms with Gasteiger partial charge in [0.05, 0.1) is 54.1 Å². The van der Waals surface area contributed by atoms with Crippen molar-refractivity contribution in [1.29, 1.82) is 10.5 Å². The van der Waals surface area contributed by atoms with E-state index in [1.807, 2.05) is 0 Å². The van der Waals surface area contributed by atoms with E-state index in [0.717, 1.165) is 58.5 Å². The van der Waals surface area contributed by atoms with E-state index < -0.39 is 55.9 Å². The van der Waals surface area contributed by atoms with E-state index in [1.165, 1.54) is 7.11 Å². The third kappa shape index (κ3) is 4.37. The van der Waals surface area contributed by atoms with Gasteiger partial charge in [-0.1, -0.05) is 27.7 Å². The molecule has 4 saturated heterocycles. The molecule has 4 aliphatic heterocycles. The van der Waals surface area contributed by atoms with Crippen LogP contribution in [-0.2, 0) is 52.5 Å². The average Bonchev–Trinajstić information content (AvgIpc) is 3.89. The molecule has 7 unspecified atom stereocenters. The van der Waals surface area contributed by atoms with E-state index in [4.69, 9.17) is 28.8 Å². The molecule has 9 aliphatic carbocycles. The lowest BCUT2D eigenvalue weighted by molar-refractivity contribution is -0.193. The second-order valence-electron chi connectivity index (χ2n) is 23.4. The van der Waals surface area contributed by atoms with Crippen LogP contribution in [0.4, 0.5) is 0 Å². The molecule has 2 bridgehead atoms. The number of esters is 3. The zero-order chi connectivity index (χ0) is 45.6. The van der Waals surface area contributed by atoms with Crippen molar-refractivity contribution in [2.45, 2.75) is 171 Å². The number of ether oxygens (including phenoxy) is 5. The van der Waals surface area contributed by atoms with Crippen molar-refractivity contribution in [1.82, 2.24) is 0 Å². The molecule has 1 N–H and O–H groups in total. The lowest BCUT2D eigenvalue weighted by Gasteiger charge is -2.63. The second-order valence-corrected chi connectivity index (χ2v) is 23.4. The van der Waals surface area contributed by atoms with Crippen molar-refractivity contribution in [2.75, 3.05) is 14.2 Å². The SMILES string of the molecule is CO.COC(=O)[C@@H]1C[C@]2(C#N)CC(=O)CC[C@]2(C)[C@@]23O[C@@H]2C[C@@]2(C)C(CC[C@@]24CCC(=O)O4)C13.C[C@]12C[C@H]3OC34C(C3C[C@]5(C#N)C(C(=O)CC[C@]45C)C3=O)C1CC[C@@]21CCC(=O)O1. The number of carbonyl (C=O) groups excluding carboxylic acids is 6. The van der Waals surface area contributed by atoms with Crippen LogP contribution in [0.3, 0.4) is 0 Å². The topological polar surface area (TPSA) is 223 Å². The smallest absolute Gasteiger partial charge is 0.309 e. The summed E-state index contributed by atoms with van der Waals surface area (Å²) in [7, 11) is 2.40. The minimum atomic E-state index is -0.920. The first-order valence-electron chi connectivity index (χ1n) is 24.0. The van der Waals surface area contributed by atoms with Gasteiger partial charge in [0.1, 0.15) is 39.8 Å². The van der Waals surface area contributed by atoms with Gasteiger partial charge < -0.3 is 28.8 Å². The lowest BCUT2D eigenvalue weighted by atomic mass is 9.37. The van der Waals surface area contributed by atoms with Gasteiger partial charge in [0.15, 0.2) is 0 Å². The summed E-state index contributed by atoms with van der Waals surface area (Å²) in [5.74, 6) is -1.77. The Labute approximate surface area is 374 Å². The quantitative estimate of drug-likeness (QED) is 0.150. The van der Waals surface area contributed by atoms with Crippen molar-refractivity contribution in [3.8, 4) is 12.1 Å². The first-order valence-corrected chi connectivity index (χ1v) is 24.0. The van der Waals surface area contributed by atoms with Crippen molar-refractivity contribution in [3.63, 3.8) is 0 Å². The number of Topliss-reactive ketones (excluding diaryl/α,β-unsaturated/α-hetero) is 3. The number of methoxy groups -OCH3 is 1. The van der Waals surface area contributed by atoms with Crippen molar-refractivity contribution < 1.29 is 57.6 Å². The normalized spacial score (nSPS) is 56.7. The highest BCUT2D eigenvalue weighted by Gasteiger charge is 2.91. The molecule has 0 amide bonds. The van der Waals surface area contributed by atoms with Gasteiger partial charge >= 0.3 is 17.9 Å². The Morgan fingerprint density at radius 3 is 1.75 bits per heavy atom. The Hall–Kier alpha value is -3.72. The van der Waals surface area contributed by atoms with E-state index in [0.29, 0.717) is 51.4 Å². The Balaban J connectivity index is 0.000000138. The van der Waals surface area contributed by atoms with Crippen LogP contribution in [0.1, 0.15) is 137 Å². The summed E-state index contributed by atoms with van der Waals surface area (Å²) in [5, 5.41) is 27.8. The zero-order valence-electron chi connectivity index (χ0n) is 38.0. The number of epoxide rings is 2. The number of ketones is 3. The Morgan fingerprint density at radius 2 is 1.23 bits per heavy atom. The molecule has 64 heavy (non-hydrogen) atoms. The fraction of sp³-hybridized carbons (Fsp3) is 0.840. The number of hydrogen-bond donors (Lipinski definition) is 1. The van der Waals surface area contributed by atoms with Crippen LogP contribution in [0.15, 0.2) is 0 Å². The van der Waals surface area contributed by atoms with Crippen molar-refractivity contribution in [2.24, 2.45) is 73.9 Å². The molecule has 13 fully saturated rings. The molecule has 0 aromatic rings. The number of hydrogen-bond acceptors (Lipinski definition) is 14. The molecule has 4 spiro atoms. The van der Waals surface area contributed by atoms with Gasteiger partial charge in [-0.2, -0.15) is 10.5 Å². The van der Waals surface area contributed by atoms with Crippen LogP contribution in [0.25, 0.3) is 0 Å². The van der Waals surface area contributed by atoms with Crippen molar-refractivity contribution in [3.05, 3.63) is 0 Å². The minimum Gasteiger partial charge on any atom is -0.469 e. The Morgan fingerprint density at radius 1 is 0.688 bits per heavy atom. The Bertz CT molecular complexity index is 2300. The van der Waals surface area contributed by atoms with Gasteiger partial charge in [0, 0.05) is 78.6 Å². The summed E-state index contributed by atoms with van der Waals surface area (Å²) in [4.78, 5) is 76.6. The van der Waals surface area contributed by atoms with Gasteiger partial charge in [-0.25, -0.2) is 0 Å². The molecule has 4 heterocycles. The number of nitriles is 2. The summed E-state index contributed by atoms with van der Waals surface area (Å²) < 4.78 is 30.6. The molecule has 13 aliphatic rings. The fourth-order valence-electron chi connectivity index (χ4n) is 19.5. The maximum absolute atomic E-state index is 13.7. The van der Waals surface area contributed by atoms with Crippen LogP contribution in [0.5, 0.6) is 0 Å². The summed E-state index contributed by atoms with van der Waals surface area (Å²) in [5.41, 5.74) is -5.29. The largest absolute Gasteiger partial charge is 0.469 e. The molecule has 344 valence electrons. The molecular weight excluding hydrogens is 821 g/mol. The van der Waals surface area contributed by atoms with Gasteiger partial charge in [-0.05, 0) is 88.9 Å². The van der Waals surface area contributed by atoms with E-state index >= 15 is 0 Å². The number of nitrogens with zero attached hydrogens (tertiary/aromatic N) is 2. The first-order chi connectivity index (χ1) is 30.3. The fourth-order valence-corrected chi connectivity index (χ4v) is 19.5. The van der Waals surface area contributed by atoms with E-state index in [-0.39, 0.29) is 94.3 Å². The standard InChI is InChI=1S/C25H31NO6.C24H27NO5.CH4O/c1-21-12-17-25(31-17)19(16(21)5-8-24(21)9-6-18(28)32-24)15(20(29)30-3)11-23(13-26)10-14(27)4-7-22(23,25)2;1-20-10-15-24(29-15)17(13(20)3-7-23(20)8-5-16(27)30-23)12-9-22(11-25)18(19(12)28)14(26)4-6-21(22,24)2;1-2/h15-17,19H,4-12H2,1-3H3;12-13,15,17-18H,3-10H2,1-2H3;2H,1H3/t15-,16?,17-,19?,21+,22+,23+,24-,25-;12?,13?,15-,17?,18?,20+,21+,22+,23-,24?;/m11./s1. The van der Waals surface area contributed by atoms with E-state index in [2.05, 4.69) is 39.8 Å². The molecule has 14 heteroatoms. The summed E-state index contributed by atoms with van der Waals surface area (Å²) in [6.07, 6.45) is 10.4. The average molecular weight is 883 g/mol. The predicted octanol–water partition coefficient (Wildman–Crippen LogP) is 5.44. The van der Waals surface area contributed by atoms with Gasteiger partial charge in [-0.15, -0.1) is 0 Å². The number of aliphatic hydroxyl groups excluding tert-OH is 1. The summed E-state index contributed by atoms with van der Waals surface area (Å²) in [6.45, 7) is 8.74. The highest BCUT2D eigenvalue weighted by atomic mass is 16.6. The lowest BCUT2D eigenvalue weighted by Crippen LogP contribution is -2.68. The number of fused-ring (bicyclic) bond motifs is 9. The van der Waals surface area contributed by atoms with Crippen LogP contribution < -0.4 is 0 Å². The van der Waals surface area contributed by atoms with Gasteiger partial charge in [0.2, 0.25) is 0 Å². The number of carbonyl (C=O) groups is 6. The van der Waals surface area contributed by atoms with Crippen LogP contribution in [0.2, 0.25) is 0 Å². The highest BCUT2D eigenvalue weighted by molar-refractivity contribution is 6.08.